The fourth-order valence-corrected chi connectivity index (χ4v) is 4.27. The van der Waals surface area contributed by atoms with Gasteiger partial charge in [-0.2, -0.15) is 0 Å². The molecule has 4 rings (SSSR count). The van der Waals surface area contributed by atoms with E-state index in [-0.39, 0.29) is 0 Å². The highest BCUT2D eigenvalue weighted by Gasteiger charge is 2.22. The third kappa shape index (κ3) is 2.62. The van der Waals surface area contributed by atoms with E-state index in [1.54, 1.807) is 11.3 Å². The molecule has 2 N–H and O–H groups in total. The first kappa shape index (κ1) is 14.7. The number of anilines is 1. The number of thiophene rings is 1. The number of likely N-dealkylation sites (N-methyl/N-ethyl adjacent to an activating group) is 1. The van der Waals surface area contributed by atoms with Gasteiger partial charge in [0.1, 0.15) is 0 Å². The highest BCUT2D eigenvalue weighted by Crippen LogP contribution is 2.31. The molecule has 3 aromatic heterocycles. The molecule has 23 heavy (non-hydrogen) atoms. The second-order valence-corrected chi connectivity index (χ2v) is 7.39. The van der Waals surface area contributed by atoms with Crippen molar-refractivity contribution in [3.05, 3.63) is 35.1 Å². The van der Waals surface area contributed by atoms with E-state index in [2.05, 4.69) is 45.9 Å². The van der Waals surface area contributed by atoms with E-state index in [4.69, 9.17) is 10.7 Å². The van der Waals surface area contributed by atoms with Crippen molar-refractivity contribution in [2.45, 2.75) is 25.7 Å². The molecule has 3 aromatic rings. The zero-order valence-corrected chi connectivity index (χ0v) is 14.3. The van der Waals surface area contributed by atoms with Crippen LogP contribution in [-0.2, 0) is 0 Å². The smallest absolute Gasteiger partial charge is 0.180 e. The van der Waals surface area contributed by atoms with E-state index in [0.717, 1.165) is 23.6 Å². The number of imidazole rings is 1. The quantitative estimate of drug-likeness (QED) is 0.785. The largest absolute Gasteiger partial charge is 0.381 e. The van der Waals surface area contributed by atoms with Crippen LogP contribution in [-0.4, -0.2) is 39.4 Å². The molecule has 120 valence electrons. The van der Waals surface area contributed by atoms with Gasteiger partial charge in [0, 0.05) is 18.7 Å². The molecule has 0 bridgehead atoms. The van der Waals surface area contributed by atoms with Gasteiger partial charge in [-0.1, -0.05) is 0 Å². The van der Waals surface area contributed by atoms with Crippen LogP contribution in [0.25, 0.3) is 16.2 Å². The molecule has 6 heteroatoms. The molecule has 1 aliphatic rings. The van der Waals surface area contributed by atoms with Crippen LogP contribution < -0.4 is 5.73 Å². The number of nitrogens with zero attached hydrogens (tertiary/aromatic N) is 4. The van der Waals surface area contributed by atoms with Crippen LogP contribution in [0.1, 0.15) is 30.0 Å². The van der Waals surface area contributed by atoms with Crippen molar-refractivity contribution in [2.24, 2.45) is 0 Å². The van der Waals surface area contributed by atoms with Crippen molar-refractivity contribution in [3.63, 3.8) is 0 Å². The van der Waals surface area contributed by atoms with Gasteiger partial charge >= 0.3 is 0 Å². The molecule has 0 aliphatic carbocycles. The minimum absolute atomic E-state index is 0.478. The van der Waals surface area contributed by atoms with Crippen LogP contribution >= 0.6 is 11.3 Å². The highest BCUT2D eigenvalue weighted by molar-refractivity contribution is 7.13. The summed E-state index contributed by atoms with van der Waals surface area (Å²) >= 11 is 1.73. The summed E-state index contributed by atoms with van der Waals surface area (Å²) in [6.07, 6.45) is 6.42. The number of hydrogen-bond donors (Lipinski definition) is 1. The van der Waals surface area contributed by atoms with Gasteiger partial charge in [-0.25, -0.2) is 9.97 Å². The van der Waals surface area contributed by atoms with Crippen molar-refractivity contribution in [3.8, 4) is 10.6 Å². The van der Waals surface area contributed by atoms with E-state index in [1.807, 2.05) is 6.20 Å². The van der Waals surface area contributed by atoms with Crippen LogP contribution in [0.5, 0.6) is 0 Å². The fraction of sp³-hybridized carbons (Fsp3) is 0.412. The fourth-order valence-electron chi connectivity index (χ4n) is 3.37. The average molecular weight is 327 g/mol. The second kappa shape index (κ2) is 5.62. The highest BCUT2D eigenvalue weighted by atomic mass is 32.1. The Hall–Kier alpha value is -1.92. The Balaban J connectivity index is 1.82. The number of rotatable bonds is 2. The Kier molecular flexibility index (Phi) is 3.58. The summed E-state index contributed by atoms with van der Waals surface area (Å²) in [6.45, 7) is 4.34. The third-order valence-corrected chi connectivity index (χ3v) is 5.64. The first-order valence-corrected chi connectivity index (χ1v) is 8.87. The molecular formula is C17H21N5S. The van der Waals surface area contributed by atoms with Crippen molar-refractivity contribution >= 4 is 22.8 Å². The van der Waals surface area contributed by atoms with Crippen LogP contribution in [0.15, 0.2) is 23.8 Å². The predicted molar refractivity (Wildman–Crippen MR) is 94.9 cm³/mol. The lowest BCUT2D eigenvalue weighted by molar-refractivity contribution is 0.249. The van der Waals surface area contributed by atoms with Crippen molar-refractivity contribution in [1.82, 2.24) is 19.3 Å². The third-order valence-electron chi connectivity index (χ3n) is 4.56. The summed E-state index contributed by atoms with van der Waals surface area (Å²) in [5, 5.41) is 2.16. The van der Waals surface area contributed by atoms with E-state index < -0.39 is 0 Å². The lowest BCUT2D eigenvalue weighted by Gasteiger charge is -2.28. The first-order chi connectivity index (χ1) is 11.1. The maximum absolute atomic E-state index is 6.08. The number of likely N-dealkylation sites (tertiary alicyclic amines) is 1. The Labute approximate surface area is 139 Å². The molecule has 1 atom stereocenters. The summed E-state index contributed by atoms with van der Waals surface area (Å²) in [6, 6.07) is 2.19. The Bertz CT molecular complexity index is 850. The number of piperidine rings is 1. The normalized spacial score (nSPS) is 19.5. The first-order valence-electron chi connectivity index (χ1n) is 7.99. The van der Waals surface area contributed by atoms with Gasteiger partial charge in [-0.3, -0.25) is 4.40 Å². The number of fused-ring (bicyclic) bond motifs is 1. The summed E-state index contributed by atoms with van der Waals surface area (Å²) in [7, 11) is 2.18. The molecule has 4 heterocycles. The maximum Gasteiger partial charge on any atom is 0.180 e. The number of nitrogens with two attached hydrogens (primary N) is 1. The van der Waals surface area contributed by atoms with Crippen molar-refractivity contribution < 1.29 is 0 Å². The number of aromatic nitrogens is 3. The summed E-state index contributed by atoms with van der Waals surface area (Å²) < 4.78 is 2.11. The van der Waals surface area contributed by atoms with E-state index in [0.29, 0.717) is 11.7 Å². The molecule has 0 saturated carbocycles. The molecule has 1 fully saturated rings. The predicted octanol–water partition coefficient (Wildman–Crippen LogP) is 3.16. The molecule has 0 radical (unpaired) electrons. The minimum Gasteiger partial charge on any atom is -0.381 e. The van der Waals surface area contributed by atoms with Gasteiger partial charge in [0.25, 0.3) is 0 Å². The zero-order valence-electron chi connectivity index (χ0n) is 13.5. The molecular weight excluding hydrogens is 306 g/mol. The summed E-state index contributed by atoms with van der Waals surface area (Å²) in [5.74, 6) is 0.975. The van der Waals surface area contributed by atoms with Gasteiger partial charge in [0.2, 0.25) is 0 Å². The van der Waals surface area contributed by atoms with E-state index in [9.17, 15) is 0 Å². The van der Waals surface area contributed by atoms with Gasteiger partial charge in [0.15, 0.2) is 11.5 Å². The Morgan fingerprint density at radius 2 is 2.26 bits per heavy atom. The number of hydrogen-bond acceptors (Lipinski definition) is 5. The monoisotopic (exact) mass is 327 g/mol. The number of aryl methyl sites for hydroxylation is 1. The summed E-state index contributed by atoms with van der Waals surface area (Å²) in [4.78, 5) is 12.8. The van der Waals surface area contributed by atoms with Crippen LogP contribution in [0.2, 0.25) is 0 Å². The van der Waals surface area contributed by atoms with Crippen LogP contribution in [0, 0.1) is 6.92 Å². The second-order valence-electron chi connectivity index (χ2n) is 6.48. The van der Waals surface area contributed by atoms with E-state index in [1.165, 1.54) is 29.8 Å². The maximum atomic E-state index is 6.08. The SMILES string of the molecule is Cc1csc(-c2cnc(N)c3nc(C4CCCN(C)C4)cn23)c1. The Morgan fingerprint density at radius 1 is 1.39 bits per heavy atom. The number of nitrogen functional groups attached to an aromatic ring is 1. The average Bonchev–Trinajstić information content (AvgIpc) is 3.15. The van der Waals surface area contributed by atoms with Gasteiger partial charge in [-0.05, 0) is 50.4 Å². The Morgan fingerprint density at radius 3 is 3.00 bits per heavy atom. The standard InChI is InChI=1S/C17H21N5S/c1-11-6-15(23-10-11)14-7-19-16(18)17-20-13(9-22(14)17)12-4-3-5-21(2)8-12/h6-7,9-10,12H,3-5,8H2,1-2H3,(H2,18,19). The molecule has 0 amide bonds. The molecule has 1 aliphatic heterocycles. The molecule has 1 unspecified atom stereocenters. The van der Waals surface area contributed by atoms with Gasteiger partial charge in [-0.15, -0.1) is 11.3 Å². The molecule has 5 nitrogen and oxygen atoms in total. The van der Waals surface area contributed by atoms with Gasteiger partial charge < -0.3 is 10.6 Å². The topological polar surface area (TPSA) is 59.5 Å². The van der Waals surface area contributed by atoms with Crippen molar-refractivity contribution in [2.75, 3.05) is 25.9 Å². The molecule has 1 saturated heterocycles. The minimum atomic E-state index is 0.478. The van der Waals surface area contributed by atoms with Crippen molar-refractivity contribution in [1.29, 1.82) is 0 Å². The molecule has 0 aromatic carbocycles. The summed E-state index contributed by atoms with van der Waals surface area (Å²) in [5.41, 5.74) is 10.3. The van der Waals surface area contributed by atoms with Crippen LogP contribution in [0.4, 0.5) is 5.82 Å². The zero-order chi connectivity index (χ0) is 16.0. The van der Waals surface area contributed by atoms with Gasteiger partial charge in [0.05, 0.1) is 22.5 Å². The van der Waals surface area contributed by atoms with Crippen LogP contribution in [0.3, 0.4) is 0 Å². The van der Waals surface area contributed by atoms with E-state index >= 15 is 0 Å². The lowest BCUT2D eigenvalue weighted by atomic mass is 9.96. The molecule has 0 spiro atoms. The lowest BCUT2D eigenvalue weighted by Crippen LogP contribution is -2.30.